The van der Waals surface area contributed by atoms with Crippen molar-refractivity contribution < 1.29 is 9.63 Å². The number of carbonyl (C=O) groups excluding carboxylic acids is 1. The number of rotatable bonds is 4. The second-order valence-electron chi connectivity index (χ2n) is 5.94. The molecule has 2 fully saturated rings. The number of hydrogen-bond acceptors (Lipinski definition) is 3. The summed E-state index contributed by atoms with van der Waals surface area (Å²) in [7, 11) is 0. The number of carbonyl (C=O) groups is 1. The zero-order chi connectivity index (χ0) is 13.9. The van der Waals surface area contributed by atoms with Crippen LogP contribution < -0.4 is 5.73 Å². The first kappa shape index (κ1) is 13.2. The van der Waals surface area contributed by atoms with Gasteiger partial charge in [-0.15, -0.1) is 0 Å². The molecule has 0 spiro atoms. The number of oxime groups is 1. The van der Waals surface area contributed by atoms with Gasteiger partial charge in [-0.05, 0) is 37.0 Å². The van der Waals surface area contributed by atoms with Crippen molar-refractivity contribution in [2.75, 3.05) is 0 Å². The third-order valence-electron chi connectivity index (χ3n) is 4.63. The Morgan fingerprint density at radius 3 is 2.70 bits per heavy atom. The number of fused-ring (bicyclic) bond motifs is 2. The van der Waals surface area contributed by atoms with Crippen LogP contribution >= 0.6 is 0 Å². The van der Waals surface area contributed by atoms with Gasteiger partial charge in [0.2, 0.25) is 0 Å². The Hall–Kier alpha value is -1.84. The number of nitrogens with zero attached hydrogens (tertiary/aromatic N) is 1. The summed E-state index contributed by atoms with van der Waals surface area (Å²) in [6.07, 6.45) is 5.57. The van der Waals surface area contributed by atoms with Gasteiger partial charge < -0.3 is 10.6 Å². The average Bonchev–Trinajstić information content (AvgIpc) is 3.08. The summed E-state index contributed by atoms with van der Waals surface area (Å²) in [4.78, 5) is 16.8. The maximum Gasteiger partial charge on any atom is 0.335 e. The number of amidine groups is 1. The highest BCUT2D eigenvalue weighted by atomic mass is 16.7. The minimum atomic E-state index is -0.263. The molecule has 0 unspecified atom stereocenters. The topological polar surface area (TPSA) is 64.7 Å². The van der Waals surface area contributed by atoms with Crippen molar-refractivity contribution in [1.82, 2.24) is 0 Å². The van der Waals surface area contributed by atoms with E-state index in [1.54, 1.807) is 0 Å². The van der Waals surface area contributed by atoms with Gasteiger partial charge in [0.1, 0.15) is 0 Å². The van der Waals surface area contributed by atoms with Crippen molar-refractivity contribution in [3.63, 3.8) is 0 Å². The number of benzene rings is 1. The van der Waals surface area contributed by atoms with Gasteiger partial charge in [-0.1, -0.05) is 41.9 Å². The molecule has 1 aromatic carbocycles. The van der Waals surface area contributed by atoms with Crippen LogP contribution in [-0.4, -0.2) is 11.8 Å². The number of nitrogens with two attached hydrogens (primary N) is 1. The molecule has 1 aromatic rings. The molecular formula is C16H20N2O2. The first-order valence-electron chi connectivity index (χ1n) is 7.31. The van der Waals surface area contributed by atoms with Crippen LogP contribution in [0.4, 0.5) is 0 Å². The van der Waals surface area contributed by atoms with Crippen LogP contribution in [0.2, 0.25) is 0 Å². The third kappa shape index (κ3) is 2.84. The van der Waals surface area contributed by atoms with E-state index in [1.807, 2.05) is 30.3 Å². The zero-order valence-corrected chi connectivity index (χ0v) is 11.5. The van der Waals surface area contributed by atoms with Gasteiger partial charge in [-0.25, -0.2) is 4.79 Å². The van der Waals surface area contributed by atoms with Crippen molar-refractivity contribution in [3.8, 4) is 0 Å². The van der Waals surface area contributed by atoms with Gasteiger partial charge in [0.25, 0.3) is 0 Å². The van der Waals surface area contributed by atoms with Crippen LogP contribution in [0.5, 0.6) is 0 Å². The van der Waals surface area contributed by atoms with E-state index in [-0.39, 0.29) is 11.8 Å². The standard InChI is InChI=1S/C16H20N2O2/c17-16(12-4-2-1-3-5-12)18-20-15(19)10-14-9-11-6-7-13(14)8-11/h1-5,11,13-14H,6-10H2,(H2,17,18)/t11-,13+,14-/m0/s1. The van der Waals surface area contributed by atoms with Gasteiger partial charge in [0.05, 0.1) is 6.42 Å². The lowest BCUT2D eigenvalue weighted by Gasteiger charge is -2.19. The first-order chi connectivity index (χ1) is 9.72. The molecule has 3 atom stereocenters. The van der Waals surface area contributed by atoms with Crippen LogP contribution in [0.25, 0.3) is 0 Å². The molecule has 0 radical (unpaired) electrons. The molecule has 0 heterocycles. The molecule has 0 amide bonds. The second-order valence-corrected chi connectivity index (χ2v) is 5.94. The molecule has 4 nitrogen and oxygen atoms in total. The van der Waals surface area contributed by atoms with E-state index in [2.05, 4.69) is 5.16 Å². The summed E-state index contributed by atoms with van der Waals surface area (Å²) in [6.45, 7) is 0. The monoisotopic (exact) mass is 272 g/mol. The predicted octanol–water partition coefficient (Wildman–Crippen LogP) is 2.68. The summed E-state index contributed by atoms with van der Waals surface area (Å²) in [5.74, 6) is 2.04. The van der Waals surface area contributed by atoms with Crippen LogP contribution in [0.15, 0.2) is 35.5 Å². The summed E-state index contributed by atoms with van der Waals surface area (Å²) in [5, 5.41) is 3.74. The predicted molar refractivity (Wildman–Crippen MR) is 76.8 cm³/mol. The lowest BCUT2D eigenvalue weighted by atomic mass is 9.86. The van der Waals surface area contributed by atoms with Crippen molar-refractivity contribution in [1.29, 1.82) is 0 Å². The SMILES string of the molecule is N/C(=N/OC(=O)C[C@@H]1C[C@H]2CC[C@@H]1C2)c1ccccc1. The lowest BCUT2D eigenvalue weighted by molar-refractivity contribution is -0.145. The van der Waals surface area contributed by atoms with E-state index >= 15 is 0 Å². The zero-order valence-electron chi connectivity index (χ0n) is 11.5. The van der Waals surface area contributed by atoms with Crippen molar-refractivity contribution in [3.05, 3.63) is 35.9 Å². The van der Waals surface area contributed by atoms with Crippen LogP contribution in [0, 0.1) is 17.8 Å². The Balaban J connectivity index is 1.52. The second kappa shape index (κ2) is 5.65. The summed E-state index contributed by atoms with van der Waals surface area (Å²) in [5.41, 5.74) is 6.55. The Kier molecular flexibility index (Phi) is 3.72. The Bertz CT molecular complexity index is 512. The maximum atomic E-state index is 11.8. The molecule has 3 rings (SSSR count). The molecule has 2 aliphatic rings. The van der Waals surface area contributed by atoms with Gasteiger partial charge in [0, 0.05) is 5.56 Å². The van der Waals surface area contributed by atoms with Crippen molar-refractivity contribution in [2.24, 2.45) is 28.6 Å². The average molecular weight is 272 g/mol. The molecular weight excluding hydrogens is 252 g/mol. The maximum absolute atomic E-state index is 11.8. The van der Waals surface area contributed by atoms with Gasteiger partial charge in [-0.3, -0.25) is 0 Å². The molecule has 106 valence electrons. The van der Waals surface area contributed by atoms with Crippen molar-refractivity contribution in [2.45, 2.75) is 32.1 Å². The quantitative estimate of drug-likeness (QED) is 0.396. The fraction of sp³-hybridized carbons (Fsp3) is 0.500. The number of hydrogen-bond donors (Lipinski definition) is 1. The fourth-order valence-corrected chi connectivity index (χ4v) is 3.64. The van der Waals surface area contributed by atoms with E-state index in [1.165, 1.54) is 25.7 Å². The van der Waals surface area contributed by atoms with Crippen LogP contribution in [0.3, 0.4) is 0 Å². The van der Waals surface area contributed by atoms with Crippen LogP contribution in [-0.2, 0) is 9.63 Å². The largest absolute Gasteiger partial charge is 0.380 e. The molecule has 0 saturated heterocycles. The Labute approximate surface area is 119 Å². The van der Waals surface area contributed by atoms with Crippen LogP contribution in [0.1, 0.15) is 37.7 Å². The molecule has 0 aromatic heterocycles. The molecule has 4 heteroatoms. The third-order valence-corrected chi connectivity index (χ3v) is 4.63. The Morgan fingerprint density at radius 1 is 1.25 bits per heavy atom. The molecule has 2 bridgehead atoms. The highest BCUT2D eigenvalue weighted by Gasteiger charge is 2.40. The molecule has 2 N–H and O–H groups in total. The summed E-state index contributed by atoms with van der Waals surface area (Å²) < 4.78 is 0. The van der Waals surface area contributed by atoms with E-state index in [0.717, 1.165) is 17.4 Å². The molecule has 2 aliphatic carbocycles. The normalized spacial score (nSPS) is 28.6. The fourth-order valence-electron chi connectivity index (χ4n) is 3.64. The van der Waals surface area contributed by atoms with Crippen molar-refractivity contribution >= 4 is 11.8 Å². The molecule has 20 heavy (non-hydrogen) atoms. The van der Waals surface area contributed by atoms with Gasteiger partial charge in [0.15, 0.2) is 5.84 Å². The lowest BCUT2D eigenvalue weighted by Crippen LogP contribution is -2.18. The van der Waals surface area contributed by atoms with Gasteiger partial charge >= 0.3 is 5.97 Å². The van der Waals surface area contributed by atoms with E-state index in [9.17, 15) is 4.79 Å². The summed E-state index contributed by atoms with van der Waals surface area (Å²) in [6, 6.07) is 9.31. The minimum absolute atomic E-state index is 0.242. The Morgan fingerprint density at radius 2 is 2.05 bits per heavy atom. The molecule has 0 aliphatic heterocycles. The van der Waals surface area contributed by atoms with E-state index < -0.39 is 0 Å². The van der Waals surface area contributed by atoms with Gasteiger partial charge in [-0.2, -0.15) is 0 Å². The highest BCUT2D eigenvalue weighted by molar-refractivity contribution is 5.97. The first-order valence-corrected chi connectivity index (χ1v) is 7.31. The molecule has 2 saturated carbocycles. The smallest absolute Gasteiger partial charge is 0.335 e. The van der Waals surface area contributed by atoms with E-state index in [0.29, 0.717) is 12.3 Å². The van der Waals surface area contributed by atoms with E-state index in [4.69, 9.17) is 10.6 Å². The highest BCUT2D eigenvalue weighted by Crippen LogP contribution is 2.49. The minimum Gasteiger partial charge on any atom is -0.380 e. The summed E-state index contributed by atoms with van der Waals surface area (Å²) >= 11 is 0.